The lowest BCUT2D eigenvalue weighted by Gasteiger charge is -2.30. The third kappa shape index (κ3) is 2.58. The fraction of sp³-hybridized carbons (Fsp3) is 0.417. The highest BCUT2D eigenvalue weighted by molar-refractivity contribution is 5.81. The van der Waals surface area contributed by atoms with Crippen molar-refractivity contribution in [1.82, 2.24) is 0 Å². The average Bonchev–Trinajstić information content (AvgIpc) is 2.13. The molecule has 6 nitrogen and oxygen atoms in total. The molecule has 0 bridgehead atoms. The second kappa shape index (κ2) is 5.03. The van der Waals surface area contributed by atoms with Gasteiger partial charge in [0, 0.05) is 19.2 Å². The molecule has 0 saturated heterocycles. The number of phenols is 3. The van der Waals surface area contributed by atoms with E-state index in [-0.39, 0.29) is 28.9 Å². The molecule has 1 rings (SSSR count). The molecule has 0 heterocycles. The molecule has 0 saturated carbocycles. The van der Waals surface area contributed by atoms with E-state index in [1.54, 1.807) is 13.8 Å². The maximum atomic E-state index is 11.2. The van der Waals surface area contributed by atoms with E-state index in [2.05, 4.69) is 0 Å². The lowest BCUT2D eigenvalue weighted by Crippen LogP contribution is -2.42. The number of aliphatic carboxylic acids is 1. The van der Waals surface area contributed by atoms with Gasteiger partial charge in [-0.25, -0.2) is 4.79 Å². The molecular weight excluding hydrogens is 238 g/mol. The molecule has 1 aromatic rings. The molecule has 0 spiro atoms. The Bertz CT molecular complexity index is 435. The monoisotopic (exact) mass is 255 g/mol. The Kier molecular flexibility index (Phi) is 3.90. The summed E-state index contributed by atoms with van der Waals surface area (Å²) in [6.07, 6.45) is 0. The largest absolute Gasteiger partial charge is 0.508 e. The van der Waals surface area contributed by atoms with Crippen LogP contribution in [0, 0.1) is 5.92 Å². The van der Waals surface area contributed by atoms with Gasteiger partial charge in [0.15, 0.2) is 0 Å². The molecule has 0 aromatic heterocycles. The van der Waals surface area contributed by atoms with Crippen LogP contribution in [-0.2, 0) is 4.79 Å². The van der Waals surface area contributed by atoms with Gasteiger partial charge in [-0.2, -0.15) is 0 Å². The Morgan fingerprint density at radius 3 is 1.94 bits per heavy atom. The summed E-state index contributed by atoms with van der Waals surface area (Å²) in [5, 5.41) is 37.8. The number of anilines is 1. The van der Waals surface area contributed by atoms with Crippen LogP contribution in [0.25, 0.3) is 0 Å². The van der Waals surface area contributed by atoms with E-state index in [1.807, 2.05) is 0 Å². The maximum Gasteiger partial charge on any atom is 0.326 e. The Hall–Kier alpha value is -2.11. The van der Waals surface area contributed by atoms with Crippen molar-refractivity contribution < 1.29 is 25.2 Å². The van der Waals surface area contributed by atoms with Crippen molar-refractivity contribution in [3.8, 4) is 17.2 Å². The Morgan fingerprint density at radius 2 is 1.61 bits per heavy atom. The topological polar surface area (TPSA) is 101 Å². The normalized spacial score (nSPS) is 12.4. The van der Waals surface area contributed by atoms with Crippen molar-refractivity contribution in [1.29, 1.82) is 0 Å². The molecule has 0 aliphatic heterocycles. The number of carbonyl (C=O) groups is 1. The second-order valence-corrected chi connectivity index (χ2v) is 4.47. The quantitative estimate of drug-likeness (QED) is 0.648. The summed E-state index contributed by atoms with van der Waals surface area (Å²) in [6.45, 7) is 3.45. The molecule has 6 heteroatoms. The summed E-state index contributed by atoms with van der Waals surface area (Å²) < 4.78 is 0. The van der Waals surface area contributed by atoms with E-state index >= 15 is 0 Å². The first-order valence-corrected chi connectivity index (χ1v) is 5.46. The van der Waals surface area contributed by atoms with Crippen molar-refractivity contribution in [3.05, 3.63) is 12.1 Å². The highest BCUT2D eigenvalue weighted by Crippen LogP contribution is 2.40. The van der Waals surface area contributed by atoms with E-state index in [0.717, 1.165) is 12.1 Å². The lowest BCUT2D eigenvalue weighted by atomic mass is 10.0. The minimum Gasteiger partial charge on any atom is -0.508 e. The summed E-state index contributed by atoms with van der Waals surface area (Å²) in [5.74, 6) is -2.32. The zero-order chi connectivity index (χ0) is 14.0. The van der Waals surface area contributed by atoms with Crippen LogP contribution in [0.15, 0.2) is 12.1 Å². The van der Waals surface area contributed by atoms with Gasteiger partial charge in [0.2, 0.25) is 0 Å². The van der Waals surface area contributed by atoms with Gasteiger partial charge in [-0.3, -0.25) is 0 Å². The first-order chi connectivity index (χ1) is 8.25. The molecule has 18 heavy (non-hydrogen) atoms. The van der Waals surface area contributed by atoms with Gasteiger partial charge in [0.1, 0.15) is 29.0 Å². The lowest BCUT2D eigenvalue weighted by molar-refractivity contribution is -0.139. The van der Waals surface area contributed by atoms with E-state index in [1.165, 1.54) is 11.9 Å². The van der Waals surface area contributed by atoms with Crippen LogP contribution in [0.3, 0.4) is 0 Å². The number of carboxylic acid groups (broad SMARTS) is 1. The van der Waals surface area contributed by atoms with E-state index < -0.39 is 12.0 Å². The highest BCUT2D eigenvalue weighted by atomic mass is 16.4. The molecular formula is C12H17NO5. The molecule has 0 fully saturated rings. The third-order valence-corrected chi connectivity index (χ3v) is 2.71. The number of phenolic OH excluding ortho intramolecular Hbond substituents is 3. The zero-order valence-electron chi connectivity index (χ0n) is 10.5. The van der Waals surface area contributed by atoms with Gasteiger partial charge in [-0.1, -0.05) is 13.8 Å². The standard InChI is InChI=1S/C12H17NO5/c1-6(2)10(12(17)18)13(3)11-8(15)4-7(14)5-9(11)16/h4-6,10,14-16H,1-3H3,(H,17,18)/t10-/m0/s1. The summed E-state index contributed by atoms with van der Waals surface area (Å²) in [7, 11) is 1.46. The van der Waals surface area contributed by atoms with E-state index in [4.69, 9.17) is 5.11 Å². The van der Waals surface area contributed by atoms with Gasteiger partial charge in [-0.15, -0.1) is 0 Å². The van der Waals surface area contributed by atoms with Crippen LogP contribution in [0.1, 0.15) is 13.8 Å². The Labute approximate surface area is 105 Å². The minimum atomic E-state index is -1.06. The number of carboxylic acids is 1. The minimum absolute atomic E-state index is 0.0195. The fourth-order valence-corrected chi connectivity index (χ4v) is 1.99. The number of hydrogen-bond donors (Lipinski definition) is 4. The number of benzene rings is 1. The van der Waals surface area contributed by atoms with Crippen LogP contribution in [0.2, 0.25) is 0 Å². The fourth-order valence-electron chi connectivity index (χ4n) is 1.99. The first-order valence-electron chi connectivity index (χ1n) is 5.46. The number of nitrogens with zero attached hydrogens (tertiary/aromatic N) is 1. The van der Waals surface area contributed by atoms with Crippen molar-refractivity contribution >= 4 is 11.7 Å². The van der Waals surface area contributed by atoms with Crippen LogP contribution in [-0.4, -0.2) is 39.5 Å². The van der Waals surface area contributed by atoms with E-state index in [9.17, 15) is 20.1 Å². The van der Waals surface area contributed by atoms with Gasteiger partial charge >= 0.3 is 5.97 Å². The molecule has 0 aliphatic carbocycles. The summed E-state index contributed by atoms with van der Waals surface area (Å²) >= 11 is 0. The average molecular weight is 255 g/mol. The van der Waals surface area contributed by atoms with Gasteiger partial charge in [-0.05, 0) is 5.92 Å². The van der Waals surface area contributed by atoms with Gasteiger partial charge < -0.3 is 25.3 Å². The molecule has 0 unspecified atom stereocenters. The smallest absolute Gasteiger partial charge is 0.326 e. The van der Waals surface area contributed by atoms with Crippen molar-refractivity contribution in [3.63, 3.8) is 0 Å². The number of rotatable bonds is 4. The predicted octanol–water partition coefficient (Wildman–Crippen LogP) is 1.35. The maximum absolute atomic E-state index is 11.2. The van der Waals surface area contributed by atoms with Crippen LogP contribution in [0.4, 0.5) is 5.69 Å². The van der Waals surface area contributed by atoms with Crippen molar-refractivity contribution in [2.75, 3.05) is 11.9 Å². The first kappa shape index (κ1) is 14.0. The van der Waals surface area contributed by atoms with Crippen molar-refractivity contribution in [2.24, 2.45) is 5.92 Å². The summed E-state index contributed by atoms with van der Waals surface area (Å²) in [6, 6.07) is 1.20. The summed E-state index contributed by atoms with van der Waals surface area (Å²) in [5.41, 5.74) is -0.0195. The zero-order valence-corrected chi connectivity index (χ0v) is 10.5. The third-order valence-electron chi connectivity index (χ3n) is 2.71. The molecule has 0 amide bonds. The van der Waals surface area contributed by atoms with E-state index in [0.29, 0.717) is 0 Å². The van der Waals surface area contributed by atoms with Gasteiger partial charge in [0.05, 0.1) is 0 Å². The number of likely N-dealkylation sites (N-methyl/N-ethyl adjacent to an activating group) is 1. The number of hydrogen-bond acceptors (Lipinski definition) is 5. The Balaban J connectivity index is 3.25. The molecule has 1 aromatic carbocycles. The Morgan fingerprint density at radius 1 is 1.17 bits per heavy atom. The predicted molar refractivity (Wildman–Crippen MR) is 66.1 cm³/mol. The van der Waals surface area contributed by atoms with Crippen molar-refractivity contribution in [2.45, 2.75) is 19.9 Å². The molecule has 0 radical (unpaired) electrons. The van der Waals surface area contributed by atoms with Crippen LogP contribution >= 0.6 is 0 Å². The molecule has 100 valence electrons. The SMILES string of the molecule is CC(C)[C@@H](C(=O)O)N(C)c1c(O)cc(O)cc1O. The second-order valence-electron chi connectivity index (χ2n) is 4.47. The van der Waals surface area contributed by atoms with Crippen LogP contribution < -0.4 is 4.90 Å². The summed E-state index contributed by atoms with van der Waals surface area (Å²) in [4.78, 5) is 12.5. The van der Waals surface area contributed by atoms with Crippen LogP contribution in [0.5, 0.6) is 17.2 Å². The molecule has 4 N–H and O–H groups in total. The molecule has 1 atom stereocenters. The van der Waals surface area contributed by atoms with Gasteiger partial charge in [0.25, 0.3) is 0 Å². The highest BCUT2D eigenvalue weighted by Gasteiger charge is 2.29. The molecule has 0 aliphatic rings. The number of aromatic hydroxyl groups is 3.